The molecule has 1 aromatic carbocycles. The van der Waals surface area contributed by atoms with Crippen LogP contribution in [0.3, 0.4) is 0 Å². The topological polar surface area (TPSA) is 77.2 Å². The second-order valence-electron chi connectivity index (χ2n) is 5.45. The van der Waals surface area contributed by atoms with Crippen molar-refractivity contribution in [3.05, 3.63) is 30.5 Å². The van der Waals surface area contributed by atoms with E-state index in [0.717, 1.165) is 16.6 Å². The summed E-state index contributed by atoms with van der Waals surface area (Å²) in [7, 11) is 1.39. The van der Waals surface area contributed by atoms with Crippen LogP contribution in [0.2, 0.25) is 0 Å². The summed E-state index contributed by atoms with van der Waals surface area (Å²) in [5.74, 6) is 0.0827. The number of nitrogen functional groups attached to an aromatic ring is 1. The van der Waals surface area contributed by atoms with Gasteiger partial charge in [-0.2, -0.15) is 0 Å². The van der Waals surface area contributed by atoms with Crippen LogP contribution in [0.4, 0.5) is 11.4 Å². The van der Waals surface area contributed by atoms with Gasteiger partial charge in [0.25, 0.3) is 0 Å². The number of carbonyl (C=O) groups excluding carboxylic acids is 1. The summed E-state index contributed by atoms with van der Waals surface area (Å²) < 4.78 is 4.86. The number of nitrogens with one attached hydrogen (secondary N) is 1. The van der Waals surface area contributed by atoms with Gasteiger partial charge in [-0.15, -0.1) is 0 Å². The molecule has 0 aliphatic heterocycles. The number of hydrogen-bond donors (Lipinski definition) is 2. The van der Waals surface area contributed by atoms with Crippen LogP contribution in [0.1, 0.15) is 20.3 Å². The van der Waals surface area contributed by atoms with Crippen molar-refractivity contribution in [1.29, 1.82) is 0 Å². The molecule has 112 valence electrons. The minimum atomic E-state index is -0.411. The third-order valence-corrected chi connectivity index (χ3v) is 3.35. The Morgan fingerprint density at radius 2 is 2.14 bits per heavy atom. The zero-order chi connectivity index (χ0) is 15.4. The summed E-state index contributed by atoms with van der Waals surface area (Å²) in [6, 6.07) is 7.08. The lowest BCUT2D eigenvalue weighted by atomic mass is 10.0. The first-order valence-corrected chi connectivity index (χ1v) is 7.00. The van der Waals surface area contributed by atoms with Crippen molar-refractivity contribution >= 4 is 28.2 Å². The van der Waals surface area contributed by atoms with Gasteiger partial charge < -0.3 is 15.8 Å². The molecular weight excluding hydrogens is 266 g/mol. The molecular formula is C16H21N3O2. The van der Waals surface area contributed by atoms with Gasteiger partial charge >= 0.3 is 5.97 Å². The summed E-state index contributed by atoms with van der Waals surface area (Å²) >= 11 is 0. The predicted octanol–water partition coefficient (Wildman–Crippen LogP) is 2.82. The maximum atomic E-state index is 11.9. The fourth-order valence-electron chi connectivity index (χ4n) is 2.32. The Kier molecular flexibility index (Phi) is 4.62. The normalized spacial score (nSPS) is 12.4. The van der Waals surface area contributed by atoms with Crippen molar-refractivity contribution in [2.24, 2.45) is 5.92 Å². The van der Waals surface area contributed by atoms with Crippen molar-refractivity contribution in [1.82, 2.24) is 4.98 Å². The second-order valence-corrected chi connectivity index (χ2v) is 5.45. The number of esters is 1. The Labute approximate surface area is 124 Å². The molecule has 5 nitrogen and oxygen atoms in total. The van der Waals surface area contributed by atoms with Crippen LogP contribution < -0.4 is 11.1 Å². The molecule has 0 saturated heterocycles. The monoisotopic (exact) mass is 287 g/mol. The standard InChI is InChI=1S/C16H21N3O2/c1-10(2)9-14(16(20)21-3)19-13-7-6-12-11(15(13)17)5-4-8-18-12/h4-8,10,14,19H,9,17H2,1-3H3. The van der Waals surface area contributed by atoms with Gasteiger partial charge in [-0.3, -0.25) is 4.98 Å². The molecule has 1 atom stereocenters. The van der Waals surface area contributed by atoms with Crippen LogP contribution in [-0.2, 0) is 9.53 Å². The van der Waals surface area contributed by atoms with E-state index in [1.165, 1.54) is 7.11 Å². The van der Waals surface area contributed by atoms with Crippen LogP contribution in [0.15, 0.2) is 30.5 Å². The molecule has 3 N–H and O–H groups in total. The third kappa shape index (κ3) is 3.42. The Hall–Kier alpha value is -2.30. The van der Waals surface area contributed by atoms with E-state index in [1.807, 2.05) is 24.3 Å². The van der Waals surface area contributed by atoms with E-state index in [9.17, 15) is 4.79 Å². The van der Waals surface area contributed by atoms with E-state index in [2.05, 4.69) is 24.1 Å². The van der Waals surface area contributed by atoms with Gasteiger partial charge in [0.2, 0.25) is 0 Å². The Morgan fingerprint density at radius 1 is 1.38 bits per heavy atom. The Morgan fingerprint density at radius 3 is 2.81 bits per heavy atom. The Balaban J connectivity index is 2.32. The van der Waals surface area contributed by atoms with E-state index in [1.54, 1.807) is 6.20 Å². The summed E-state index contributed by atoms with van der Waals surface area (Å²) in [6.07, 6.45) is 2.40. The number of aromatic nitrogens is 1. The number of methoxy groups -OCH3 is 1. The lowest BCUT2D eigenvalue weighted by Gasteiger charge is -2.21. The third-order valence-electron chi connectivity index (χ3n) is 3.35. The largest absolute Gasteiger partial charge is 0.467 e. The highest BCUT2D eigenvalue weighted by Gasteiger charge is 2.21. The number of pyridine rings is 1. The van der Waals surface area contributed by atoms with Crippen LogP contribution in [-0.4, -0.2) is 24.1 Å². The van der Waals surface area contributed by atoms with Gasteiger partial charge in [0.1, 0.15) is 6.04 Å². The first-order chi connectivity index (χ1) is 10.0. The molecule has 1 heterocycles. The molecule has 0 fully saturated rings. The van der Waals surface area contributed by atoms with Crippen molar-refractivity contribution in [2.75, 3.05) is 18.2 Å². The zero-order valence-electron chi connectivity index (χ0n) is 12.6. The number of nitrogens with zero attached hydrogens (tertiary/aromatic N) is 1. The van der Waals surface area contributed by atoms with Crippen LogP contribution in [0.5, 0.6) is 0 Å². The smallest absolute Gasteiger partial charge is 0.328 e. The molecule has 0 radical (unpaired) electrons. The average molecular weight is 287 g/mol. The average Bonchev–Trinajstić information content (AvgIpc) is 2.48. The highest BCUT2D eigenvalue weighted by atomic mass is 16.5. The molecule has 0 bridgehead atoms. The van der Waals surface area contributed by atoms with Crippen LogP contribution in [0, 0.1) is 5.92 Å². The molecule has 0 aliphatic carbocycles. The highest BCUT2D eigenvalue weighted by molar-refractivity contribution is 5.97. The lowest BCUT2D eigenvalue weighted by Crippen LogP contribution is -2.32. The molecule has 2 rings (SSSR count). The molecule has 0 aliphatic rings. The first kappa shape index (κ1) is 15.1. The number of nitrogens with two attached hydrogens (primary N) is 1. The fraction of sp³-hybridized carbons (Fsp3) is 0.375. The summed E-state index contributed by atoms with van der Waals surface area (Å²) in [5, 5.41) is 4.07. The number of anilines is 2. The van der Waals surface area contributed by atoms with Gasteiger partial charge in [0, 0.05) is 11.6 Å². The summed E-state index contributed by atoms with van der Waals surface area (Å²) in [5.41, 5.74) is 8.34. The van der Waals surface area contributed by atoms with Gasteiger partial charge in [-0.05, 0) is 36.6 Å². The van der Waals surface area contributed by atoms with E-state index in [0.29, 0.717) is 18.0 Å². The van der Waals surface area contributed by atoms with Crippen molar-refractivity contribution in [2.45, 2.75) is 26.3 Å². The summed E-state index contributed by atoms with van der Waals surface area (Å²) in [4.78, 5) is 16.2. The SMILES string of the molecule is COC(=O)C(CC(C)C)Nc1ccc2ncccc2c1N. The summed E-state index contributed by atoms with van der Waals surface area (Å²) in [6.45, 7) is 4.12. The number of carbonyl (C=O) groups is 1. The molecule has 5 heteroatoms. The molecule has 0 saturated carbocycles. The molecule has 1 aromatic heterocycles. The number of benzene rings is 1. The second kappa shape index (κ2) is 6.43. The van der Waals surface area contributed by atoms with Crippen molar-refractivity contribution < 1.29 is 9.53 Å². The van der Waals surface area contributed by atoms with Gasteiger partial charge in [0.15, 0.2) is 0 Å². The fourth-order valence-corrected chi connectivity index (χ4v) is 2.32. The zero-order valence-corrected chi connectivity index (χ0v) is 12.6. The van der Waals surface area contributed by atoms with Crippen molar-refractivity contribution in [3.8, 4) is 0 Å². The number of ether oxygens (including phenoxy) is 1. The van der Waals surface area contributed by atoms with Gasteiger partial charge in [-0.1, -0.05) is 13.8 Å². The molecule has 2 aromatic rings. The van der Waals surface area contributed by atoms with E-state index in [-0.39, 0.29) is 5.97 Å². The van der Waals surface area contributed by atoms with E-state index in [4.69, 9.17) is 10.5 Å². The number of rotatable bonds is 5. The molecule has 0 spiro atoms. The van der Waals surface area contributed by atoms with Crippen LogP contribution in [0.25, 0.3) is 10.9 Å². The van der Waals surface area contributed by atoms with Gasteiger partial charge in [-0.25, -0.2) is 4.79 Å². The predicted molar refractivity (Wildman–Crippen MR) is 85.0 cm³/mol. The van der Waals surface area contributed by atoms with E-state index < -0.39 is 6.04 Å². The minimum Gasteiger partial charge on any atom is -0.467 e. The van der Waals surface area contributed by atoms with E-state index >= 15 is 0 Å². The van der Waals surface area contributed by atoms with Crippen molar-refractivity contribution in [3.63, 3.8) is 0 Å². The minimum absolute atomic E-state index is 0.283. The lowest BCUT2D eigenvalue weighted by molar-refractivity contribution is -0.141. The molecule has 21 heavy (non-hydrogen) atoms. The number of fused-ring (bicyclic) bond motifs is 1. The molecule has 1 unspecified atom stereocenters. The first-order valence-electron chi connectivity index (χ1n) is 7.00. The van der Waals surface area contributed by atoms with Gasteiger partial charge in [0.05, 0.1) is 24.0 Å². The Bertz CT molecular complexity index is 640. The highest BCUT2D eigenvalue weighted by Crippen LogP contribution is 2.28. The van der Waals surface area contributed by atoms with Crippen LogP contribution >= 0.6 is 0 Å². The quantitative estimate of drug-likeness (QED) is 0.653. The number of hydrogen-bond acceptors (Lipinski definition) is 5. The molecule has 0 amide bonds. The maximum absolute atomic E-state index is 11.9. The maximum Gasteiger partial charge on any atom is 0.328 e.